The zero-order valence-electron chi connectivity index (χ0n) is 10.6. The average Bonchev–Trinajstić information content (AvgIpc) is 2.55. The summed E-state index contributed by atoms with van der Waals surface area (Å²) in [5, 5.41) is -0.0346. The Kier molecular flexibility index (Phi) is 4.61. The largest absolute Gasteiger partial charge is 0.319 e. The van der Waals surface area contributed by atoms with Gasteiger partial charge in [0.15, 0.2) is 0 Å². The molecule has 0 saturated heterocycles. The van der Waals surface area contributed by atoms with Crippen LogP contribution in [0.1, 0.15) is 24.7 Å². The Bertz CT molecular complexity index is 558. The van der Waals surface area contributed by atoms with E-state index >= 15 is 0 Å². The third-order valence-corrected chi connectivity index (χ3v) is 4.34. The van der Waals surface area contributed by atoms with E-state index < -0.39 is 15.9 Å². The van der Waals surface area contributed by atoms with Crippen LogP contribution < -0.4 is 0 Å². The highest BCUT2D eigenvalue weighted by atomic mass is 32.2. The summed E-state index contributed by atoms with van der Waals surface area (Å²) < 4.78 is 49.3. The molecule has 18 heavy (non-hydrogen) atoms. The van der Waals surface area contributed by atoms with Crippen LogP contribution in [0, 0.1) is 13.8 Å². The Labute approximate surface area is 105 Å². The van der Waals surface area contributed by atoms with Gasteiger partial charge in [-0.05, 0) is 33.3 Å². The van der Waals surface area contributed by atoms with Crippen LogP contribution in [-0.4, -0.2) is 23.7 Å². The minimum atomic E-state index is -3.63. The van der Waals surface area contributed by atoms with Crippen molar-refractivity contribution < 1.29 is 17.2 Å². The number of aryl methyl sites for hydroxylation is 1. The SMILES string of the molecule is CCn1c(S(=O)(=O)CCC=C(F)F)nc(C)c1C. The summed E-state index contributed by atoms with van der Waals surface area (Å²) >= 11 is 0. The van der Waals surface area contributed by atoms with Gasteiger partial charge in [0.2, 0.25) is 15.0 Å². The summed E-state index contributed by atoms with van der Waals surface area (Å²) in [7, 11) is -3.63. The van der Waals surface area contributed by atoms with Gasteiger partial charge in [-0.15, -0.1) is 0 Å². The highest BCUT2D eigenvalue weighted by Crippen LogP contribution is 2.17. The standard InChI is InChI=1S/C11H16F2N2O2S/c1-4-15-9(3)8(2)14-11(15)18(16,17)7-5-6-10(12)13/h6H,4-5,7H2,1-3H3. The van der Waals surface area contributed by atoms with Crippen molar-refractivity contribution in [3.63, 3.8) is 0 Å². The average molecular weight is 278 g/mol. The van der Waals surface area contributed by atoms with Crippen LogP contribution in [0.25, 0.3) is 0 Å². The van der Waals surface area contributed by atoms with E-state index in [0.29, 0.717) is 18.3 Å². The molecule has 0 spiro atoms. The molecule has 0 aliphatic carbocycles. The van der Waals surface area contributed by atoms with E-state index in [-0.39, 0.29) is 17.3 Å². The predicted octanol–water partition coefficient (Wildman–Crippen LogP) is 2.46. The van der Waals surface area contributed by atoms with Crippen LogP contribution in [0.3, 0.4) is 0 Å². The smallest absolute Gasteiger partial charge is 0.266 e. The number of rotatable bonds is 5. The van der Waals surface area contributed by atoms with Crippen LogP contribution in [0.5, 0.6) is 0 Å². The molecule has 0 N–H and O–H groups in total. The fourth-order valence-electron chi connectivity index (χ4n) is 1.65. The molecule has 1 aromatic rings. The van der Waals surface area contributed by atoms with Gasteiger partial charge in [0.05, 0.1) is 11.4 Å². The van der Waals surface area contributed by atoms with E-state index in [9.17, 15) is 17.2 Å². The van der Waals surface area contributed by atoms with E-state index in [1.54, 1.807) is 18.4 Å². The van der Waals surface area contributed by atoms with Gasteiger partial charge in [0.1, 0.15) is 0 Å². The molecule has 0 bridgehead atoms. The lowest BCUT2D eigenvalue weighted by atomic mass is 10.4. The molecule has 1 heterocycles. The van der Waals surface area contributed by atoms with Crippen LogP contribution in [0.15, 0.2) is 17.3 Å². The van der Waals surface area contributed by atoms with Gasteiger partial charge in [-0.25, -0.2) is 13.4 Å². The number of hydrogen-bond donors (Lipinski definition) is 0. The monoisotopic (exact) mass is 278 g/mol. The summed E-state index contributed by atoms with van der Waals surface area (Å²) in [6.07, 6.45) is -1.47. The predicted molar refractivity (Wildman–Crippen MR) is 64.3 cm³/mol. The quantitative estimate of drug-likeness (QED) is 0.831. The fraction of sp³-hybridized carbons (Fsp3) is 0.545. The number of nitrogens with zero attached hydrogens (tertiary/aromatic N) is 2. The molecule has 0 aliphatic rings. The molecule has 0 amide bonds. The van der Waals surface area contributed by atoms with Crippen LogP contribution in [0.4, 0.5) is 8.78 Å². The molecule has 0 atom stereocenters. The van der Waals surface area contributed by atoms with Gasteiger partial charge in [-0.2, -0.15) is 8.78 Å². The molecule has 0 aliphatic heterocycles. The second-order valence-corrected chi connectivity index (χ2v) is 5.91. The Morgan fingerprint density at radius 2 is 2.00 bits per heavy atom. The molecular weight excluding hydrogens is 262 g/mol. The first-order valence-electron chi connectivity index (χ1n) is 5.57. The molecule has 0 saturated carbocycles. The first kappa shape index (κ1) is 14.8. The molecular formula is C11H16F2N2O2S. The third-order valence-electron chi connectivity index (χ3n) is 2.70. The van der Waals surface area contributed by atoms with E-state index in [4.69, 9.17) is 0 Å². The van der Waals surface area contributed by atoms with E-state index in [0.717, 1.165) is 5.69 Å². The number of halogens is 2. The molecule has 1 rings (SSSR count). The Morgan fingerprint density at radius 1 is 1.39 bits per heavy atom. The normalized spacial score (nSPS) is 11.6. The maximum absolute atomic E-state index is 12.0. The van der Waals surface area contributed by atoms with Crippen molar-refractivity contribution in [2.45, 2.75) is 38.9 Å². The Hall–Kier alpha value is -1.24. The Morgan fingerprint density at radius 3 is 2.50 bits per heavy atom. The first-order valence-corrected chi connectivity index (χ1v) is 7.22. The maximum Gasteiger partial charge on any atom is 0.266 e. The minimum Gasteiger partial charge on any atom is -0.319 e. The second kappa shape index (κ2) is 5.60. The molecule has 0 fully saturated rings. The van der Waals surface area contributed by atoms with E-state index in [2.05, 4.69) is 4.98 Å². The second-order valence-electron chi connectivity index (χ2n) is 3.91. The molecule has 7 heteroatoms. The van der Waals surface area contributed by atoms with E-state index in [1.807, 2.05) is 6.92 Å². The molecule has 0 unspecified atom stereocenters. The zero-order chi connectivity index (χ0) is 13.9. The van der Waals surface area contributed by atoms with Gasteiger partial charge in [-0.3, -0.25) is 0 Å². The summed E-state index contributed by atoms with van der Waals surface area (Å²) in [6.45, 7) is 5.80. The summed E-state index contributed by atoms with van der Waals surface area (Å²) in [4.78, 5) is 4.02. The van der Waals surface area contributed by atoms with Gasteiger partial charge in [-0.1, -0.05) is 0 Å². The number of sulfone groups is 1. The highest BCUT2D eigenvalue weighted by Gasteiger charge is 2.22. The van der Waals surface area contributed by atoms with Crippen molar-refractivity contribution in [3.05, 3.63) is 23.5 Å². The van der Waals surface area contributed by atoms with Crippen LogP contribution in [0.2, 0.25) is 0 Å². The molecule has 0 aromatic carbocycles. The van der Waals surface area contributed by atoms with Crippen LogP contribution >= 0.6 is 0 Å². The maximum atomic E-state index is 12.0. The van der Waals surface area contributed by atoms with Crippen molar-refractivity contribution in [3.8, 4) is 0 Å². The first-order chi connectivity index (χ1) is 8.29. The lowest BCUT2D eigenvalue weighted by molar-refractivity contribution is 0.418. The van der Waals surface area contributed by atoms with E-state index in [1.165, 1.54) is 0 Å². The zero-order valence-corrected chi connectivity index (χ0v) is 11.4. The number of allylic oxidation sites excluding steroid dienone is 1. The van der Waals surface area contributed by atoms with Crippen molar-refractivity contribution in [1.29, 1.82) is 0 Å². The summed E-state index contributed by atoms with van der Waals surface area (Å²) in [5.74, 6) is -0.361. The van der Waals surface area contributed by atoms with Gasteiger partial charge in [0.25, 0.3) is 6.08 Å². The third kappa shape index (κ3) is 3.16. The molecule has 102 valence electrons. The lowest BCUT2D eigenvalue weighted by Gasteiger charge is -2.06. The summed E-state index contributed by atoms with van der Waals surface area (Å²) in [6, 6.07) is 0. The minimum absolute atomic E-state index is 0.0346. The Balaban J connectivity index is 3.05. The van der Waals surface area contributed by atoms with Gasteiger partial charge in [0, 0.05) is 12.2 Å². The topological polar surface area (TPSA) is 52.0 Å². The molecule has 4 nitrogen and oxygen atoms in total. The van der Waals surface area contributed by atoms with Gasteiger partial charge >= 0.3 is 0 Å². The van der Waals surface area contributed by atoms with Crippen molar-refractivity contribution in [1.82, 2.24) is 9.55 Å². The van der Waals surface area contributed by atoms with Crippen molar-refractivity contribution in [2.24, 2.45) is 0 Å². The van der Waals surface area contributed by atoms with Crippen molar-refractivity contribution >= 4 is 9.84 Å². The highest BCUT2D eigenvalue weighted by molar-refractivity contribution is 7.91. The summed E-state index contributed by atoms with van der Waals surface area (Å²) in [5.41, 5.74) is 1.42. The molecule has 1 aromatic heterocycles. The van der Waals surface area contributed by atoms with Crippen molar-refractivity contribution in [2.75, 3.05) is 5.75 Å². The number of aromatic nitrogens is 2. The number of hydrogen-bond acceptors (Lipinski definition) is 3. The lowest BCUT2D eigenvalue weighted by Crippen LogP contribution is -2.14. The van der Waals surface area contributed by atoms with Gasteiger partial charge < -0.3 is 4.57 Å². The number of imidazole rings is 1. The van der Waals surface area contributed by atoms with Crippen LogP contribution in [-0.2, 0) is 16.4 Å². The fourth-order valence-corrected chi connectivity index (χ4v) is 3.14. The molecule has 0 radical (unpaired) electrons.